The molecular formula is C13H13N. The molecule has 2 aromatic carbocycles. The average Bonchev–Trinajstić information content (AvgIpc) is 2.95. The lowest BCUT2D eigenvalue weighted by molar-refractivity contribution is 0.998. The van der Waals surface area contributed by atoms with Gasteiger partial charge in [-0.15, -0.1) is 0 Å². The molecule has 1 saturated carbocycles. The van der Waals surface area contributed by atoms with Crippen molar-refractivity contribution >= 4 is 10.8 Å². The molecule has 1 heteroatoms. The normalized spacial score (nSPS) is 25.2. The maximum absolute atomic E-state index is 5.89. The van der Waals surface area contributed by atoms with Crippen LogP contribution in [0, 0.1) is 0 Å². The van der Waals surface area contributed by atoms with Crippen LogP contribution in [-0.4, -0.2) is 6.04 Å². The molecule has 1 fully saturated rings. The highest BCUT2D eigenvalue weighted by atomic mass is 14.7. The third kappa shape index (κ3) is 1.13. The first-order valence-corrected chi connectivity index (χ1v) is 5.09. The largest absolute Gasteiger partial charge is 0.327 e. The quantitative estimate of drug-likeness (QED) is 0.722. The number of fused-ring (bicyclic) bond motifs is 1. The summed E-state index contributed by atoms with van der Waals surface area (Å²) in [6.07, 6.45) is 1.15. The number of hydrogen-bond acceptors (Lipinski definition) is 1. The minimum Gasteiger partial charge on any atom is -0.327 e. The summed E-state index contributed by atoms with van der Waals surface area (Å²) in [6, 6.07) is 15.4. The summed E-state index contributed by atoms with van der Waals surface area (Å²) in [4.78, 5) is 0. The molecule has 0 aromatic heterocycles. The molecule has 0 aliphatic heterocycles. The monoisotopic (exact) mass is 183 g/mol. The van der Waals surface area contributed by atoms with E-state index in [9.17, 15) is 0 Å². The van der Waals surface area contributed by atoms with Gasteiger partial charge < -0.3 is 5.73 Å². The van der Waals surface area contributed by atoms with E-state index in [-0.39, 0.29) is 0 Å². The molecule has 0 spiro atoms. The fourth-order valence-corrected chi connectivity index (χ4v) is 2.15. The maximum atomic E-state index is 5.89. The lowest BCUT2D eigenvalue weighted by atomic mass is 10.0. The molecule has 2 N–H and O–H groups in total. The molecule has 0 saturated heterocycles. The van der Waals surface area contributed by atoms with Crippen LogP contribution >= 0.6 is 0 Å². The highest BCUT2D eigenvalue weighted by molar-refractivity contribution is 5.86. The van der Waals surface area contributed by atoms with Crippen molar-refractivity contribution in [3.05, 3.63) is 48.0 Å². The summed E-state index contributed by atoms with van der Waals surface area (Å²) in [7, 11) is 0. The van der Waals surface area contributed by atoms with Crippen LogP contribution in [0.1, 0.15) is 17.9 Å². The number of nitrogens with two attached hydrogens (primary N) is 1. The van der Waals surface area contributed by atoms with E-state index in [2.05, 4.69) is 42.5 Å². The Kier molecular flexibility index (Phi) is 1.62. The van der Waals surface area contributed by atoms with Crippen molar-refractivity contribution in [1.29, 1.82) is 0 Å². The van der Waals surface area contributed by atoms with E-state index < -0.39 is 0 Å². The summed E-state index contributed by atoms with van der Waals surface area (Å²) in [5.41, 5.74) is 7.32. The Morgan fingerprint density at radius 1 is 1.00 bits per heavy atom. The molecule has 3 rings (SSSR count). The summed E-state index contributed by atoms with van der Waals surface area (Å²) in [6.45, 7) is 0. The zero-order chi connectivity index (χ0) is 9.54. The molecular weight excluding hydrogens is 170 g/mol. The second kappa shape index (κ2) is 2.82. The fourth-order valence-electron chi connectivity index (χ4n) is 2.15. The smallest absolute Gasteiger partial charge is 0.0115 e. The molecule has 0 heterocycles. The van der Waals surface area contributed by atoms with Crippen LogP contribution in [0.15, 0.2) is 42.5 Å². The molecule has 1 nitrogen and oxygen atoms in total. The van der Waals surface area contributed by atoms with Gasteiger partial charge in [0.15, 0.2) is 0 Å². The summed E-state index contributed by atoms with van der Waals surface area (Å²) in [5.74, 6) is 0.598. The molecule has 0 amide bonds. The Balaban J connectivity index is 2.23. The van der Waals surface area contributed by atoms with Gasteiger partial charge >= 0.3 is 0 Å². The predicted molar refractivity (Wildman–Crippen MR) is 59.3 cm³/mol. The Morgan fingerprint density at radius 3 is 2.50 bits per heavy atom. The number of rotatable bonds is 1. The van der Waals surface area contributed by atoms with Crippen LogP contribution in [0.3, 0.4) is 0 Å². The van der Waals surface area contributed by atoms with Crippen molar-refractivity contribution in [2.75, 3.05) is 0 Å². The molecule has 0 radical (unpaired) electrons. The predicted octanol–water partition coefficient (Wildman–Crippen LogP) is 2.65. The Bertz CT molecular complexity index is 470. The van der Waals surface area contributed by atoms with Crippen molar-refractivity contribution in [3.63, 3.8) is 0 Å². The lowest BCUT2D eigenvalue weighted by Gasteiger charge is -2.04. The lowest BCUT2D eigenvalue weighted by Crippen LogP contribution is -2.01. The van der Waals surface area contributed by atoms with E-state index in [0.29, 0.717) is 12.0 Å². The van der Waals surface area contributed by atoms with Gasteiger partial charge in [0.1, 0.15) is 0 Å². The Hall–Kier alpha value is -1.34. The van der Waals surface area contributed by atoms with Gasteiger partial charge in [-0.1, -0.05) is 42.5 Å². The average molecular weight is 183 g/mol. The van der Waals surface area contributed by atoms with Gasteiger partial charge in [0.05, 0.1) is 0 Å². The van der Waals surface area contributed by atoms with E-state index in [1.54, 1.807) is 0 Å². The Labute approximate surface area is 83.5 Å². The zero-order valence-electron chi connectivity index (χ0n) is 7.98. The van der Waals surface area contributed by atoms with E-state index in [1.807, 2.05) is 0 Å². The van der Waals surface area contributed by atoms with Crippen LogP contribution in [0.2, 0.25) is 0 Å². The topological polar surface area (TPSA) is 26.0 Å². The van der Waals surface area contributed by atoms with Crippen LogP contribution in [0.5, 0.6) is 0 Å². The molecule has 1 aliphatic rings. The number of hydrogen-bond donors (Lipinski definition) is 1. The van der Waals surface area contributed by atoms with Gasteiger partial charge in [-0.3, -0.25) is 0 Å². The number of benzene rings is 2. The Morgan fingerprint density at radius 2 is 1.71 bits per heavy atom. The van der Waals surface area contributed by atoms with Gasteiger partial charge in [0.2, 0.25) is 0 Å². The third-order valence-corrected chi connectivity index (χ3v) is 3.06. The highest BCUT2D eigenvalue weighted by Gasteiger charge is 2.35. The van der Waals surface area contributed by atoms with Gasteiger partial charge in [-0.25, -0.2) is 0 Å². The highest BCUT2D eigenvalue weighted by Crippen LogP contribution is 2.41. The second-order valence-electron chi connectivity index (χ2n) is 4.07. The maximum Gasteiger partial charge on any atom is 0.0115 e. The standard InChI is InChI=1S/C13H13N/c14-13-8-12(13)11-7-3-5-9-4-1-2-6-10(9)11/h1-7,12-13H,8,14H2/t12-,13-/m0/s1. The summed E-state index contributed by atoms with van der Waals surface area (Å²) >= 11 is 0. The van der Waals surface area contributed by atoms with Crippen LogP contribution in [-0.2, 0) is 0 Å². The molecule has 0 unspecified atom stereocenters. The van der Waals surface area contributed by atoms with Gasteiger partial charge in [-0.05, 0) is 22.8 Å². The SMILES string of the molecule is N[C@H]1C[C@H]1c1cccc2ccccc12. The third-order valence-electron chi connectivity index (χ3n) is 3.06. The first-order valence-electron chi connectivity index (χ1n) is 5.09. The molecule has 2 aromatic rings. The second-order valence-corrected chi connectivity index (χ2v) is 4.07. The van der Waals surface area contributed by atoms with E-state index in [4.69, 9.17) is 5.73 Å². The first kappa shape index (κ1) is 8.01. The van der Waals surface area contributed by atoms with Crippen LogP contribution < -0.4 is 5.73 Å². The minimum absolute atomic E-state index is 0.390. The van der Waals surface area contributed by atoms with Crippen molar-refractivity contribution in [3.8, 4) is 0 Å². The van der Waals surface area contributed by atoms with E-state index in [1.165, 1.54) is 16.3 Å². The summed E-state index contributed by atoms with van der Waals surface area (Å²) < 4.78 is 0. The molecule has 0 bridgehead atoms. The molecule has 2 atom stereocenters. The van der Waals surface area contributed by atoms with Crippen LogP contribution in [0.25, 0.3) is 10.8 Å². The van der Waals surface area contributed by atoms with Crippen LogP contribution in [0.4, 0.5) is 0 Å². The molecule has 1 aliphatic carbocycles. The molecule has 14 heavy (non-hydrogen) atoms. The summed E-state index contributed by atoms with van der Waals surface area (Å²) in [5, 5.41) is 2.69. The van der Waals surface area contributed by atoms with E-state index >= 15 is 0 Å². The first-order chi connectivity index (χ1) is 6.86. The van der Waals surface area contributed by atoms with Crippen molar-refractivity contribution in [2.24, 2.45) is 5.73 Å². The fraction of sp³-hybridized carbons (Fsp3) is 0.231. The van der Waals surface area contributed by atoms with E-state index in [0.717, 1.165) is 6.42 Å². The van der Waals surface area contributed by atoms with Gasteiger partial charge in [0.25, 0.3) is 0 Å². The van der Waals surface area contributed by atoms with Gasteiger partial charge in [0, 0.05) is 12.0 Å². The minimum atomic E-state index is 0.390. The van der Waals surface area contributed by atoms with Crippen molar-refractivity contribution < 1.29 is 0 Å². The van der Waals surface area contributed by atoms with Crippen molar-refractivity contribution in [2.45, 2.75) is 18.4 Å². The zero-order valence-corrected chi connectivity index (χ0v) is 7.98. The van der Waals surface area contributed by atoms with Gasteiger partial charge in [-0.2, -0.15) is 0 Å². The van der Waals surface area contributed by atoms with Crippen molar-refractivity contribution in [1.82, 2.24) is 0 Å². The molecule has 70 valence electrons.